The Labute approximate surface area is 178 Å². The first-order valence-electron chi connectivity index (χ1n) is 9.46. The van der Waals surface area contributed by atoms with Gasteiger partial charge in [-0.2, -0.15) is 11.3 Å². The third-order valence-corrected chi connectivity index (χ3v) is 4.36. The molecule has 0 saturated heterocycles. The number of hydrogen-bond acceptors (Lipinski definition) is 7. The van der Waals surface area contributed by atoms with Gasteiger partial charge in [0.2, 0.25) is 5.75 Å². The number of hydrazine groups is 1. The fraction of sp³-hybridized carbons (Fsp3) is 0.350. The van der Waals surface area contributed by atoms with Crippen molar-refractivity contribution in [2.75, 3.05) is 26.4 Å². The average Bonchev–Trinajstić information content (AvgIpc) is 3.27. The van der Waals surface area contributed by atoms with Crippen LogP contribution in [0.15, 0.2) is 29.0 Å². The lowest BCUT2D eigenvalue weighted by Crippen LogP contribution is -2.46. The minimum absolute atomic E-state index is 0.216. The molecule has 30 heavy (non-hydrogen) atoms. The molecule has 0 saturated carbocycles. The third kappa shape index (κ3) is 6.38. The van der Waals surface area contributed by atoms with E-state index in [1.165, 1.54) is 23.5 Å². The zero-order valence-electron chi connectivity index (χ0n) is 17.1. The summed E-state index contributed by atoms with van der Waals surface area (Å²) in [5, 5.41) is 5.91. The van der Waals surface area contributed by atoms with E-state index in [-0.39, 0.29) is 18.0 Å². The van der Waals surface area contributed by atoms with Crippen molar-refractivity contribution in [3.05, 3.63) is 40.1 Å². The number of amides is 3. The van der Waals surface area contributed by atoms with Crippen molar-refractivity contribution in [2.45, 2.75) is 20.8 Å². The van der Waals surface area contributed by atoms with Gasteiger partial charge in [-0.15, -0.1) is 0 Å². The molecule has 1 heterocycles. The number of benzene rings is 1. The molecular formula is C20H25N3O6S. The van der Waals surface area contributed by atoms with Crippen LogP contribution in [0.2, 0.25) is 0 Å². The van der Waals surface area contributed by atoms with Gasteiger partial charge in [0.25, 0.3) is 17.7 Å². The highest BCUT2D eigenvalue weighted by molar-refractivity contribution is 7.08. The molecule has 2 rings (SSSR count). The fourth-order valence-corrected chi connectivity index (χ4v) is 3.05. The molecule has 0 aliphatic carbocycles. The largest absolute Gasteiger partial charge is 0.490 e. The first-order valence-corrected chi connectivity index (χ1v) is 10.4. The highest BCUT2D eigenvalue weighted by Crippen LogP contribution is 2.39. The van der Waals surface area contributed by atoms with E-state index in [1.807, 2.05) is 20.8 Å². The highest BCUT2D eigenvalue weighted by Gasteiger charge is 2.19. The van der Waals surface area contributed by atoms with Gasteiger partial charge in [-0.25, -0.2) is 0 Å². The second-order valence-corrected chi connectivity index (χ2v) is 6.58. The predicted octanol–water partition coefficient (Wildman–Crippen LogP) is 2.14. The van der Waals surface area contributed by atoms with Crippen molar-refractivity contribution in [3.63, 3.8) is 0 Å². The third-order valence-electron chi connectivity index (χ3n) is 3.68. The summed E-state index contributed by atoms with van der Waals surface area (Å²) in [6.07, 6.45) is 0. The van der Waals surface area contributed by atoms with Gasteiger partial charge in [0.15, 0.2) is 11.5 Å². The zero-order valence-corrected chi connectivity index (χ0v) is 17.9. The van der Waals surface area contributed by atoms with E-state index in [0.29, 0.717) is 42.6 Å². The zero-order chi connectivity index (χ0) is 21.9. The number of rotatable bonds is 10. The van der Waals surface area contributed by atoms with Crippen LogP contribution in [0.1, 0.15) is 41.5 Å². The SMILES string of the molecule is CCOc1cc(C(=O)NNC(=O)CNC(=O)c2ccsc2)cc(OCC)c1OCC. The Bertz CT molecular complexity index is 842. The minimum atomic E-state index is -0.576. The van der Waals surface area contributed by atoms with Crippen LogP contribution in [-0.4, -0.2) is 44.1 Å². The first kappa shape index (κ1) is 23.0. The summed E-state index contributed by atoms with van der Waals surface area (Å²) in [7, 11) is 0. The molecule has 0 aliphatic heterocycles. The van der Waals surface area contributed by atoms with Crippen molar-refractivity contribution in [2.24, 2.45) is 0 Å². The normalized spacial score (nSPS) is 10.1. The summed E-state index contributed by atoms with van der Waals surface area (Å²) in [5.41, 5.74) is 5.25. The molecule has 0 spiro atoms. The molecule has 0 unspecified atom stereocenters. The van der Waals surface area contributed by atoms with Crippen molar-refractivity contribution >= 4 is 29.1 Å². The van der Waals surface area contributed by atoms with Crippen molar-refractivity contribution < 1.29 is 28.6 Å². The van der Waals surface area contributed by atoms with Gasteiger partial charge >= 0.3 is 0 Å². The van der Waals surface area contributed by atoms with E-state index >= 15 is 0 Å². The van der Waals surface area contributed by atoms with E-state index in [0.717, 1.165) is 0 Å². The van der Waals surface area contributed by atoms with Gasteiger partial charge in [-0.05, 0) is 44.4 Å². The Morgan fingerprint density at radius 3 is 2.03 bits per heavy atom. The van der Waals surface area contributed by atoms with Gasteiger partial charge in [-0.1, -0.05) is 0 Å². The van der Waals surface area contributed by atoms with Crippen LogP contribution in [0.3, 0.4) is 0 Å². The van der Waals surface area contributed by atoms with Crippen molar-refractivity contribution in [1.82, 2.24) is 16.2 Å². The quantitative estimate of drug-likeness (QED) is 0.493. The Balaban J connectivity index is 2.01. The van der Waals surface area contributed by atoms with Crippen LogP contribution in [0, 0.1) is 0 Å². The highest BCUT2D eigenvalue weighted by atomic mass is 32.1. The van der Waals surface area contributed by atoms with Gasteiger partial charge in [0.05, 0.1) is 26.4 Å². The van der Waals surface area contributed by atoms with E-state index in [1.54, 1.807) is 16.8 Å². The average molecular weight is 436 g/mol. The molecular weight excluding hydrogens is 410 g/mol. The lowest BCUT2D eigenvalue weighted by Gasteiger charge is -2.17. The lowest BCUT2D eigenvalue weighted by molar-refractivity contribution is -0.120. The maximum atomic E-state index is 12.5. The number of hydrogen-bond donors (Lipinski definition) is 3. The fourth-order valence-electron chi connectivity index (χ4n) is 2.42. The second kappa shape index (κ2) is 11.7. The number of carbonyl (C=O) groups excluding carboxylic acids is 3. The van der Waals surface area contributed by atoms with Crippen LogP contribution >= 0.6 is 11.3 Å². The smallest absolute Gasteiger partial charge is 0.269 e. The summed E-state index contributed by atoms with van der Waals surface area (Å²) in [6.45, 7) is 6.32. The summed E-state index contributed by atoms with van der Waals surface area (Å²) < 4.78 is 16.7. The molecule has 0 fully saturated rings. The first-order chi connectivity index (χ1) is 14.5. The maximum Gasteiger partial charge on any atom is 0.269 e. The second-order valence-electron chi connectivity index (χ2n) is 5.80. The molecule has 0 bridgehead atoms. The molecule has 1 aromatic carbocycles. The van der Waals surface area contributed by atoms with Crippen LogP contribution in [-0.2, 0) is 4.79 Å². The molecule has 1 aromatic heterocycles. The van der Waals surface area contributed by atoms with Crippen molar-refractivity contribution in [3.8, 4) is 17.2 Å². The Hall–Kier alpha value is -3.27. The van der Waals surface area contributed by atoms with Gasteiger partial charge < -0.3 is 19.5 Å². The Morgan fingerprint density at radius 1 is 0.867 bits per heavy atom. The molecule has 3 N–H and O–H groups in total. The monoisotopic (exact) mass is 435 g/mol. The van der Waals surface area contributed by atoms with E-state index in [4.69, 9.17) is 14.2 Å². The summed E-state index contributed by atoms with van der Waals surface area (Å²) in [4.78, 5) is 36.3. The number of carbonyl (C=O) groups is 3. The van der Waals surface area contributed by atoms with Crippen LogP contribution in [0.4, 0.5) is 0 Å². The molecule has 0 atom stereocenters. The number of thiophene rings is 1. The van der Waals surface area contributed by atoms with Gasteiger partial charge in [0, 0.05) is 16.5 Å². The molecule has 162 valence electrons. The van der Waals surface area contributed by atoms with E-state index in [2.05, 4.69) is 16.2 Å². The lowest BCUT2D eigenvalue weighted by atomic mass is 10.1. The molecule has 9 nitrogen and oxygen atoms in total. The summed E-state index contributed by atoms with van der Waals surface area (Å²) in [5.74, 6) is -0.370. The standard InChI is InChI=1S/C20H25N3O6S/c1-4-27-15-9-14(10-16(28-5-2)18(15)29-6-3)20(26)23-22-17(24)11-21-19(25)13-7-8-30-12-13/h7-10,12H,4-6,11H2,1-3H3,(H,21,25)(H,22,24)(H,23,26). The Kier molecular flexibility index (Phi) is 8.95. The summed E-state index contributed by atoms with van der Waals surface area (Å²) >= 11 is 1.38. The maximum absolute atomic E-state index is 12.5. The van der Waals surface area contributed by atoms with Crippen LogP contribution in [0.25, 0.3) is 0 Å². The Morgan fingerprint density at radius 2 is 1.50 bits per heavy atom. The molecule has 0 aliphatic rings. The molecule has 3 amide bonds. The van der Waals surface area contributed by atoms with E-state index in [9.17, 15) is 14.4 Å². The van der Waals surface area contributed by atoms with Gasteiger partial charge in [-0.3, -0.25) is 25.2 Å². The van der Waals surface area contributed by atoms with Crippen molar-refractivity contribution in [1.29, 1.82) is 0 Å². The van der Waals surface area contributed by atoms with Crippen LogP contribution in [0.5, 0.6) is 17.2 Å². The minimum Gasteiger partial charge on any atom is -0.490 e. The number of nitrogens with one attached hydrogen (secondary N) is 3. The molecule has 0 radical (unpaired) electrons. The predicted molar refractivity (Wildman–Crippen MR) is 112 cm³/mol. The molecule has 10 heteroatoms. The van der Waals surface area contributed by atoms with Gasteiger partial charge in [0.1, 0.15) is 0 Å². The summed E-state index contributed by atoms with van der Waals surface area (Å²) in [6, 6.07) is 4.67. The number of ether oxygens (including phenoxy) is 3. The topological polar surface area (TPSA) is 115 Å². The van der Waals surface area contributed by atoms with Crippen LogP contribution < -0.4 is 30.4 Å². The van der Waals surface area contributed by atoms with E-state index < -0.39 is 11.8 Å². The molecule has 2 aromatic rings.